The third-order valence-electron chi connectivity index (χ3n) is 2.94. The SMILES string of the molecule is CCC(OC)c1noc(C(N)C(C)CC)n1. The highest BCUT2D eigenvalue weighted by atomic mass is 16.5. The summed E-state index contributed by atoms with van der Waals surface area (Å²) >= 11 is 0. The maximum absolute atomic E-state index is 6.01. The van der Waals surface area contributed by atoms with E-state index in [4.69, 9.17) is 15.0 Å². The van der Waals surface area contributed by atoms with Gasteiger partial charge in [0.1, 0.15) is 6.10 Å². The van der Waals surface area contributed by atoms with E-state index in [0.29, 0.717) is 17.6 Å². The van der Waals surface area contributed by atoms with Crippen LogP contribution < -0.4 is 5.73 Å². The topological polar surface area (TPSA) is 74.2 Å². The zero-order valence-corrected chi connectivity index (χ0v) is 10.4. The summed E-state index contributed by atoms with van der Waals surface area (Å²) in [6.45, 7) is 6.17. The van der Waals surface area contributed by atoms with Crippen molar-refractivity contribution in [3.63, 3.8) is 0 Å². The second-order valence-corrected chi connectivity index (χ2v) is 4.03. The predicted octanol–water partition coefficient (Wildman–Crippen LogP) is 2.21. The Balaban J connectivity index is 2.77. The highest BCUT2D eigenvalue weighted by molar-refractivity contribution is 4.96. The van der Waals surface area contributed by atoms with Crippen LogP contribution >= 0.6 is 0 Å². The lowest BCUT2D eigenvalue weighted by Crippen LogP contribution is -2.19. The summed E-state index contributed by atoms with van der Waals surface area (Å²) in [6, 6.07) is -0.194. The number of nitrogens with zero attached hydrogens (tertiary/aromatic N) is 2. The average Bonchev–Trinajstić information content (AvgIpc) is 2.78. The molecule has 1 heterocycles. The van der Waals surface area contributed by atoms with Crippen molar-refractivity contribution in [1.82, 2.24) is 10.1 Å². The third-order valence-corrected chi connectivity index (χ3v) is 2.94. The molecule has 0 saturated heterocycles. The number of ether oxygens (including phenoxy) is 1. The van der Waals surface area contributed by atoms with Crippen molar-refractivity contribution in [1.29, 1.82) is 0 Å². The van der Waals surface area contributed by atoms with Crippen LogP contribution in [0.4, 0.5) is 0 Å². The summed E-state index contributed by atoms with van der Waals surface area (Å²) in [6.07, 6.45) is 1.69. The zero-order chi connectivity index (χ0) is 12.1. The van der Waals surface area contributed by atoms with Gasteiger partial charge in [-0.05, 0) is 12.3 Å². The van der Waals surface area contributed by atoms with Crippen LogP contribution in [-0.2, 0) is 4.74 Å². The standard InChI is InChI=1S/C11H21N3O2/c1-5-7(3)9(12)11-13-10(14-16-11)8(6-2)15-4/h7-9H,5-6,12H2,1-4H3. The van der Waals surface area contributed by atoms with Gasteiger partial charge in [-0.25, -0.2) is 0 Å². The summed E-state index contributed by atoms with van der Waals surface area (Å²) in [4.78, 5) is 4.29. The van der Waals surface area contributed by atoms with Crippen LogP contribution in [-0.4, -0.2) is 17.3 Å². The van der Waals surface area contributed by atoms with Crippen molar-refractivity contribution in [2.75, 3.05) is 7.11 Å². The molecule has 0 bridgehead atoms. The lowest BCUT2D eigenvalue weighted by atomic mass is 10.0. The molecule has 0 spiro atoms. The van der Waals surface area contributed by atoms with Gasteiger partial charge in [0.2, 0.25) is 11.7 Å². The predicted molar refractivity (Wildman–Crippen MR) is 60.7 cm³/mol. The van der Waals surface area contributed by atoms with Gasteiger partial charge in [-0.1, -0.05) is 32.3 Å². The number of rotatable bonds is 6. The van der Waals surface area contributed by atoms with Crippen LogP contribution in [0.15, 0.2) is 4.52 Å². The Labute approximate surface area is 96.4 Å². The molecule has 0 amide bonds. The lowest BCUT2D eigenvalue weighted by molar-refractivity contribution is 0.0903. The number of nitrogens with two attached hydrogens (primary N) is 1. The Morgan fingerprint density at radius 1 is 1.38 bits per heavy atom. The summed E-state index contributed by atoms with van der Waals surface area (Å²) in [7, 11) is 1.64. The fourth-order valence-electron chi connectivity index (χ4n) is 1.47. The Kier molecular flexibility index (Phi) is 4.89. The number of hydrogen-bond acceptors (Lipinski definition) is 5. The molecule has 3 atom stereocenters. The minimum atomic E-state index is -0.194. The van der Waals surface area contributed by atoms with Crippen LogP contribution in [0.3, 0.4) is 0 Å². The van der Waals surface area contributed by atoms with Crippen LogP contribution in [0.1, 0.15) is 57.5 Å². The Hall–Kier alpha value is -0.940. The molecule has 0 saturated carbocycles. The van der Waals surface area contributed by atoms with Crippen molar-refractivity contribution in [3.8, 4) is 0 Å². The molecular weight excluding hydrogens is 206 g/mol. The number of methoxy groups -OCH3 is 1. The smallest absolute Gasteiger partial charge is 0.243 e. The van der Waals surface area contributed by atoms with Gasteiger partial charge in [0.15, 0.2) is 0 Å². The highest BCUT2D eigenvalue weighted by Gasteiger charge is 2.22. The molecule has 0 aliphatic heterocycles. The molecular formula is C11H21N3O2. The van der Waals surface area contributed by atoms with E-state index < -0.39 is 0 Å². The van der Waals surface area contributed by atoms with E-state index in [1.165, 1.54) is 0 Å². The highest BCUT2D eigenvalue weighted by Crippen LogP contribution is 2.23. The van der Waals surface area contributed by atoms with Gasteiger partial charge in [0, 0.05) is 7.11 Å². The van der Waals surface area contributed by atoms with E-state index in [0.717, 1.165) is 12.8 Å². The van der Waals surface area contributed by atoms with Gasteiger partial charge in [-0.2, -0.15) is 4.98 Å². The Morgan fingerprint density at radius 3 is 2.56 bits per heavy atom. The maximum atomic E-state index is 6.01. The fourth-order valence-corrected chi connectivity index (χ4v) is 1.47. The van der Waals surface area contributed by atoms with Gasteiger partial charge in [-0.15, -0.1) is 0 Å². The van der Waals surface area contributed by atoms with E-state index in [9.17, 15) is 0 Å². The van der Waals surface area contributed by atoms with E-state index in [1.54, 1.807) is 7.11 Å². The van der Waals surface area contributed by atoms with Crippen molar-refractivity contribution >= 4 is 0 Å². The van der Waals surface area contributed by atoms with Gasteiger partial charge in [0.25, 0.3) is 0 Å². The first-order chi connectivity index (χ1) is 7.63. The monoisotopic (exact) mass is 227 g/mol. The first-order valence-corrected chi connectivity index (χ1v) is 5.75. The molecule has 2 N–H and O–H groups in total. The normalized spacial score (nSPS) is 17.1. The van der Waals surface area contributed by atoms with Crippen LogP contribution in [0.5, 0.6) is 0 Å². The first kappa shape index (κ1) is 13.1. The quantitative estimate of drug-likeness (QED) is 0.806. The number of hydrogen-bond donors (Lipinski definition) is 1. The van der Waals surface area contributed by atoms with Crippen molar-refractivity contribution in [3.05, 3.63) is 11.7 Å². The second-order valence-electron chi connectivity index (χ2n) is 4.03. The molecule has 1 aromatic rings. The van der Waals surface area contributed by atoms with Crippen molar-refractivity contribution < 1.29 is 9.26 Å². The first-order valence-electron chi connectivity index (χ1n) is 5.75. The number of aromatic nitrogens is 2. The largest absolute Gasteiger partial charge is 0.373 e. The minimum absolute atomic E-state index is 0.110. The molecule has 0 aliphatic carbocycles. The van der Waals surface area contributed by atoms with Gasteiger partial charge in [0.05, 0.1) is 6.04 Å². The molecule has 0 aliphatic rings. The van der Waals surface area contributed by atoms with E-state index in [-0.39, 0.29) is 12.1 Å². The summed E-state index contributed by atoms with van der Waals surface area (Å²) in [5.74, 6) is 1.41. The minimum Gasteiger partial charge on any atom is -0.373 e. The Morgan fingerprint density at radius 2 is 2.06 bits per heavy atom. The summed E-state index contributed by atoms with van der Waals surface area (Å²) in [5.41, 5.74) is 6.01. The molecule has 5 nitrogen and oxygen atoms in total. The van der Waals surface area contributed by atoms with E-state index in [1.807, 2.05) is 6.92 Å². The molecule has 0 aromatic carbocycles. The van der Waals surface area contributed by atoms with Crippen LogP contribution in [0.2, 0.25) is 0 Å². The molecule has 0 radical (unpaired) electrons. The van der Waals surface area contributed by atoms with Crippen molar-refractivity contribution in [2.24, 2.45) is 11.7 Å². The van der Waals surface area contributed by atoms with Gasteiger partial charge >= 0.3 is 0 Å². The molecule has 5 heteroatoms. The maximum Gasteiger partial charge on any atom is 0.243 e. The molecule has 1 aromatic heterocycles. The van der Waals surface area contributed by atoms with Gasteiger partial charge < -0.3 is 15.0 Å². The van der Waals surface area contributed by atoms with Crippen LogP contribution in [0.25, 0.3) is 0 Å². The molecule has 92 valence electrons. The van der Waals surface area contributed by atoms with Crippen LogP contribution in [0, 0.1) is 5.92 Å². The molecule has 16 heavy (non-hydrogen) atoms. The summed E-state index contributed by atoms with van der Waals surface area (Å²) in [5, 5.41) is 3.90. The Bertz CT molecular complexity index is 310. The lowest BCUT2D eigenvalue weighted by Gasteiger charge is -2.13. The van der Waals surface area contributed by atoms with E-state index >= 15 is 0 Å². The van der Waals surface area contributed by atoms with Crippen molar-refractivity contribution in [2.45, 2.75) is 45.8 Å². The zero-order valence-electron chi connectivity index (χ0n) is 10.4. The van der Waals surface area contributed by atoms with Gasteiger partial charge in [-0.3, -0.25) is 0 Å². The molecule has 0 fully saturated rings. The summed E-state index contributed by atoms with van der Waals surface area (Å²) < 4.78 is 10.4. The van der Waals surface area contributed by atoms with E-state index in [2.05, 4.69) is 24.0 Å². The third kappa shape index (κ3) is 2.80. The fraction of sp³-hybridized carbons (Fsp3) is 0.818. The molecule has 1 rings (SSSR count). The second kappa shape index (κ2) is 5.96. The average molecular weight is 227 g/mol. The molecule has 3 unspecified atom stereocenters.